The SMILES string of the molecule is Cc1nc(C(O[N+](=O)[O-])C(C)F)sc1CCO[N+](=O)[O-]. The van der Waals surface area contributed by atoms with Crippen LogP contribution in [0.15, 0.2) is 0 Å². The van der Waals surface area contributed by atoms with Crippen LogP contribution >= 0.6 is 11.3 Å². The molecule has 112 valence electrons. The number of nitrogens with zero attached hydrogens (tertiary/aromatic N) is 3. The van der Waals surface area contributed by atoms with Gasteiger partial charge in [0.2, 0.25) is 0 Å². The van der Waals surface area contributed by atoms with Gasteiger partial charge in [0.25, 0.3) is 10.2 Å². The predicted molar refractivity (Wildman–Crippen MR) is 64.9 cm³/mol. The van der Waals surface area contributed by atoms with Crippen molar-refractivity contribution in [3.63, 3.8) is 0 Å². The molecule has 0 radical (unpaired) electrons. The van der Waals surface area contributed by atoms with Gasteiger partial charge in [0.05, 0.1) is 5.69 Å². The molecule has 1 aromatic heterocycles. The Morgan fingerprint density at radius 2 is 2.05 bits per heavy atom. The van der Waals surface area contributed by atoms with E-state index in [1.807, 2.05) is 0 Å². The zero-order valence-electron chi connectivity index (χ0n) is 10.6. The maximum atomic E-state index is 13.3. The Kier molecular flexibility index (Phi) is 5.55. The highest BCUT2D eigenvalue weighted by Gasteiger charge is 2.27. The van der Waals surface area contributed by atoms with Crippen molar-refractivity contribution in [2.75, 3.05) is 6.61 Å². The summed E-state index contributed by atoms with van der Waals surface area (Å²) in [7, 11) is 0. The minimum absolute atomic E-state index is 0.116. The second-order valence-electron chi connectivity index (χ2n) is 3.79. The lowest BCUT2D eigenvalue weighted by Gasteiger charge is -2.12. The summed E-state index contributed by atoms with van der Waals surface area (Å²) >= 11 is 1.01. The number of thiazole rings is 1. The molecule has 0 aliphatic heterocycles. The number of aryl methyl sites for hydroxylation is 1. The Morgan fingerprint density at radius 1 is 1.40 bits per heavy atom. The van der Waals surface area contributed by atoms with Gasteiger partial charge in [0, 0.05) is 11.3 Å². The fraction of sp³-hybridized carbons (Fsp3) is 0.667. The monoisotopic (exact) mass is 309 g/mol. The molecule has 0 spiro atoms. The van der Waals surface area contributed by atoms with E-state index in [0.717, 1.165) is 18.3 Å². The third-order valence-electron chi connectivity index (χ3n) is 2.30. The molecule has 2 atom stereocenters. The molecule has 1 rings (SSSR count). The van der Waals surface area contributed by atoms with Crippen LogP contribution in [-0.2, 0) is 16.1 Å². The van der Waals surface area contributed by atoms with Crippen LogP contribution in [0.5, 0.6) is 0 Å². The molecule has 0 aromatic carbocycles. The van der Waals surface area contributed by atoms with Crippen molar-refractivity contribution in [1.29, 1.82) is 0 Å². The van der Waals surface area contributed by atoms with Gasteiger partial charge in [-0.1, -0.05) is 0 Å². The van der Waals surface area contributed by atoms with E-state index < -0.39 is 22.4 Å². The van der Waals surface area contributed by atoms with Crippen LogP contribution in [0.1, 0.15) is 28.6 Å². The largest absolute Gasteiger partial charge is 0.314 e. The van der Waals surface area contributed by atoms with E-state index in [-0.39, 0.29) is 18.0 Å². The highest BCUT2D eigenvalue weighted by atomic mass is 32.1. The van der Waals surface area contributed by atoms with Crippen LogP contribution in [-0.4, -0.2) is 27.9 Å². The molecule has 20 heavy (non-hydrogen) atoms. The first-order valence-corrected chi connectivity index (χ1v) is 6.31. The predicted octanol–water partition coefficient (Wildman–Crippen LogP) is 1.81. The standard InChI is InChI=1S/C9H12FN3O6S/c1-5(10)8(19-13(16)17)9-11-6(2)7(20-9)3-4-18-12(14)15/h5,8H,3-4H2,1-2H3. The highest BCUT2D eigenvalue weighted by Crippen LogP contribution is 2.30. The summed E-state index contributed by atoms with van der Waals surface area (Å²) in [6, 6.07) is 0. The average Bonchev–Trinajstić information content (AvgIpc) is 2.66. The number of hydrogen-bond donors (Lipinski definition) is 0. The Bertz CT molecular complexity index is 494. The third-order valence-corrected chi connectivity index (χ3v) is 3.57. The lowest BCUT2D eigenvalue weighted by Crippen LogP contribution is -2.17. The van der Waals surface area contributed by atoms with E-state index in [4.69, 9.17) is 0 Å². The van der Waals surface area contributed by atoms with Crippen LogP contribution in [0.2, 0.25) is 0 Å². The van der Waals surface area contributed by atoms with Gasteiger partial charge < -0.3 is 9.68 Å². The topological polar surface area (TPSA) is 118 Å². The van der Waals surface area contributed by atoms with E-state index in [2.05, 4.69) is 14.7 Å². The minimum Gasteiger partial charge on any atom is -0.314 e. The van der Waals surface area contributed by atoms with Crippen LogP contribution < -0.4 is 0 Å². The van der Waals surface area contributed by atoms with Crippen LogP contribution in [0.4, 0.5) is 4.39 Å². The molecule has 1 heterocycles. The van der Waals surface area contributed by atoms with E-state index in [1.54, 1.807) is 6.92 Å². The molecule has 0 fully saturated rings. The van der Waals surface area contributed by atoms with Crippen LogP contribution in [0.25, 0.3) is 0 Å². The second kappa shape index (κ2) is 6.93. The molecule has 0 bridgehead atoms. The fourth-order valence-electron chi connectivity index (χ4n) is 1.44. The van der Waals surface area contributed by atoms with Gasteiger partial charge in [-0.3, -0.25) is 0 Å². The summed E-state index contributed by atoms with van der Waals surface area (Å²) in [4.78, 5) is 33.4. The maximum Gasteiger partial charge on any atom is 0.295 e. The summed E-state index contributed by atoms with van der Waals surface area (Å²) in [5, 5.41) is 18.5. The molecular formula is C9H12FN3O6S. The quantitative estimate of drug-likeness (QED) is 0.530. The van der Waals surface area contributed by atoms with Gasteiger partial charge in [-0.2, -0.15) is 0 Å². The minimum atomic E-state index is -1.62. The van der Waals surface area contributed by atoms with E-state index in [0.29, 0.717) is 10.6 Å². The molecule has 0 saturated carbocycles. The first-order chi connectivity index (χ1) is 9.31. The molecule has 2 unspecified atom stereocenters. The van der Waals surface area contributed by atoms with E-state index in [1.165, 1.54) is 0 Å². The van der Waals surface area contributed by atoms with Gasteiger partial charge in [0.1, 0.15) is 17.8 Å². The van der Waals surface area contributed by atoms with Gasteiger partial charge >= 0.3 is 0 Å². The molecule has 11 heteroatoms. The zero-order chi connectivity index (χ0) is 15.3. The Labute approximate surface area is 116 Å². The fourth-order valence-corrected chi connectivity index (χ4v) is 2.60. The van der Waals surface area contributed by atoms with Gasteiger partial charge in [-0.15, -0.1) is 31.6 Å². The smallest absolute Gasteiger partial charge is 0.295 e. The Morgan fingerprint density at radius 3 is 2.55 bits per heavy atom. The summed E-state index contributed by atoms with van der Waals surface area (Å²) in [6.07, 6.45) is -2.82. The van der Waals surface area contributed by atoms with Crippen molar-refractivity contribution in [2.24, 2.45) is 0 Å². The molecule has 0 N–H and O–H groups in total. The van der Waals surface area contributed by atoms with Crippen molar-refractivity contribution < 1.29 is 24.2 Å². The maximum absolute atomic E-state index is 13.3. The molecule has 1 aromatic rings. The van der Waals surface area contributed by atoms with Crippen molar-refractivity contribution in [3.8, 4) is 0 Å². The van der Waals surface area contributed by atoms with E-state index in [9.17, 15) is 24.6 Å². The van der Waals surface area contributed by atoms with Crippen molar-refractivity contribution >= 4 is 11.3 Å². The van der Waals surface area contributed by atoms with Crippen LogP contribution in [0.3, 0.4) is 0 Å². The van der Waals surface area contributed by atoms with E-state index >= 15 is 0 Å². The number of aromatic nitrogens is 1. The normalized spacial score (nSPS) is 13.6. The first-order valence-electron chi connectivity index (χ1n) is 5.50. The second-order valence-corrected chi connectivity index (χ2v) is 4.91. The summed E-state index contributed by atoms with van der Waals surface area (Å²) in [5.41, 5.74) is 0.509. The van der Waals surface area contributed by atoms with Crippen molar-refractivity contribution in [1.82, 2.24) is 4.98 Å². The van der Waals surface area contributed by atoms with Gasteiger partial charge in [-0.25, -0.2) is 9.37 Å². The lowest BCUT2D eigenvalue weighted by atomic mass is 10.2. The molecular weight excluding hydrogens is 297 g/mol. The van der Waals surface area contributed by atoms with Crippen molar-refractivity contribution in [2.45, 2.75) is 32.5 Å². The Balaban J connectivity index is 2.80. The third kappa shape index (κ3) is 4.57. The van der Waals surface area contributed by atoms with Gasteiger partial charge in [-0.05, 0) is 13.8 Å². The molecule has 0 amide bonds. The number of hydrogen-bond acceptors (Lipinski definition) is 8. The van der Waals surface area contributed by atoms with Gasteiger partial charge in [0.15, 0.2) is 6.10 Å². The number of halogens is 1. The number of alkyl halides is 1. The summed E-state index contributed by atoms with van der Waals surface area (Å²) < 4.78 is 13.3. The summed E-state index contributed by atoms with van der Waals surface area (Å²) in [5.74, 6) is 0. The Hall–Kier alpha value is -2.04. The highest BCUT2D eigenvalue weighted by molar-refractivity contribution is 7.11. The molecule has 0 aliphatic rings. The molecule has 0 aliphatic carbocycles. The zero-order valence-corrected chi connectivity index (χ0v) is 11.5. The molecule has 0 saturated heterocycles. The number of rotatable bonds is 8. The van der Waals surface area contributed by atoms with Crippen LogP contribution in [0, 0.1) is 27.2 Å². The average molecular weight is 309 g/mol. The van der Waals surface area contributed by atoms with Crippen molar-refractivity contribution in [3.05, 3.63) is 35.8 Å². The first kappa shape index (κ1) is 16.0. The lowest BCUT2D eigenvalue weighted by molar-refractivity contribution is -0.772. The molecule has 9 nitrogen and oxygen atoms in total. The summed E-state index contributed by atoms with van der Waals surface area (Å²) in [6.45, 7) is 2.58.